The number of ether oxygens (including phenoxy) is 2. The van der Waals surface area contributed by atoms with Crippen molar-refractivity contribution in [3.8, 4) is 5.75 Å². The first-order valence-electron chi connectivity index (χ1n) is 7.59. The normalized spacial score (nSPS) is 11.0. The van der Waals surface area contributed by atoms with E-state index in [4.69, 9.17) is 4.74 Å². The number of hydrogen-bond donors (Lipinski definition) is 0. The molecule has 0 heterocycles. The Bertz CT molecular complexity index is 757. The first kappa shape index (κ1) is 17.5. The van der Waals surface area contributed by atoms with Crippen LogP contribution in [-0.2, 0) is 20.9 Å². The fourth-order valence-corrected chi connectivity index (χ4v) is 2.15. The zero-order chi connectivity index (χ0) is 17.5. The molecule has 0 aliphatic carbocycles. The molecule has 0 aliphatic rings. The number of carbonyl (C=O) groups excluding carboxylic acids is 2. The molecule has 2 aromatic carbocycles. The third-order valence-corrected chi connectivity index (χ3v) is 3.52. The summed E-state index contributed by atoms with van der Waals surface area (Å²) < 4.78 is 10.5. The van der Waals surface area contributed by atoms with E-state index in [0.717, 1.165) is 5.56 Å². The van der Waals surface area contributed by atoms with E-state index >= 15 is 0 Å². The molecule has 0 spiro atoms. The van der Waals surface area contributed by atoms with Gasteiger partial charge >= 0.3 is 5.97 Å². The van der Waals surface area contributed by atoms with Gasteiger partial charge in [0.2, 0.25) is 0 Å². The van der Waals surface area contributed by atoms with Crippen molar-refractivity contribution in [1.82, 2.24) is 0 Å². The molecule has 24 heavy (non-hydrogen) atoms. The van der Waals surface area contributed by atoms with Gasteiger partial charge in [0.1, 0.15) is 17.9 Å². The fourth-order valence-electron chi connectivity index (χ4n) is 2.15. The first-order chi connectivity index (χ1) is 11.5. The lowest BCUT2D eigenvalue weighted by atomic mass is 10.1. The van der Waals surface area contributed by atoms with E-state index in [0.29, 0.717) is 17.9 Å². The highest BCUT2D eigenvalue weighted by Crippen LogP contribution is 2.23. The maximum atomic E-state index is 11.7. The third-order valence-electron chi connectivity index (χ3n) is 3.52. The summed E-state index contributed by atoms with van der Waals surface area (Å²) in [5, 5.41) is 0. The van der Waals surface area contributed by atoms with Crippen LogP contribution in [0.3, 0.4) is 0 Å². The van der Waals surface area contributed by atoms with Crippen molar-refractivity contribution in [2.45, 2.75) is 20.5 Å². The third kappa shape index (κ3) is 4.56. The minimum Gasteiger partial charge on any atom is -0.488 e. The Kier molecular flexibility index (Phi) is 5.90. The number of Topliss-reactive ketones (excluding diaryl/α,β-unsaturated/α-hetero) is 1. The van der Waals surface area contributed by atoms with Crippen LogP contribution in [0.1, 0.15) is 23.6 Å². The predicted molar refractivity (Wildman–Crippen MR) is 92.6 cm³/mol. The Labute approximate surface area is 141 Å². The number of benzene rings is 2. The van der Waals surface area contributed by atoms with Crippen LogP contribution in [-0.4, -0.2) is 18.9 Å². The Balaban J connectivity index is 2.24. The lowest BCUT2D eigenvalue weighted by molar-refractivity contribution is -0.137. The van der Waals surface area contributed by atoms with Gasteiger partial charge in [0.25, 0.3) is 0 Å². The highest BCUT2D eigenvalue weighted by molar-refractivity contribution is 6.19. The van der Waals surface area contributed by atoms with E-state index in [9.17, 15) is 9.59 Å². The number of ketones is 1. The molecule has 124 valence electrons. The summed E-state index contributed by atoms with van der Waals surface area (Å²) in [6, 6.07) is 15.3. The monoisotopic (exact) mass is 324 g/mol. The van der Waals surface area contributed by atoms with Crippen LogP contribution in [0.2, 0.25) is 0 Å². The van der Waals surface area contributed by atoms with Crippen LogP contribution >= 0.6 is 0 Å². The molecule has 0 saturated carbocycles. The minimum absolute atomic E-state index is 0.0103. The number of esters is 1. The van der Waals surface area contributed by atoms with Gasteiger partial charge < -0.3 is 9.47 Å². The van der Waals surface area contributed by atoms with Gasteiger partial charge in [-0.05, 0) is 31.6 Å². The van der Waals surface area contributed by atoms with Gasteiger partial charge in [0.15, 0.2) is 5.78 Å². The average Bonchev–Trinajstić information content (AvgIpc) is 2.59. The number of methoxy groups -OCH3 is 1. The van der Waals surface area contributed by atoms with Crippen LogP contribution in [0.5, 0.6) is 5.75 Å². The summed E-state index contributed by atoms with van der Waals surface area (Å²) >= 11 is 0. The molecule has 0 unspecified atom stereocenters. The van der Waals surface area contributed by atoms with Gasteiger partial charge in [-0.15, -0.1) is 0 Å². The van der Waals surface area contributed by atoms with Crippen molar-refractivity contribution in [1.29, 1.82) is 0 Å². The van der Waals surface area contributed by atoms with Gasteiger partial charge in [-0.3, -0.25) is 4.79 Å². The standard InChI is InChI=1S/C20H20O4/c1-14-8-10-16(11-9-14)13-24-19-7-5-4-6-17(19)12-18(15(2)21)20(22)23-3/h4-12H,13H2,1-3H3/b18-12+. The molecule has 4 nitrogen and oxygen atoms in total. The molecule has 4 heteroatoms. The second kappa shape index (κ2) is 8.11. The van der Waals surface area contributed by atoms with Crippen molar-refractivity contribution >= 4 is 17.8 Å². The van der Waals surface area contributed by atoms with Crippen molar-refractivity contribution in [2.24, 2.45) is 0 Å². The van der Waals surface area contributed by atoms with Gasteiger partial charge in [-0.2, -0.15) is 0 Å². The van der Waals surface area contributed by atoms with Crippen LogP contribution < -0.4 is 4.74 Å². The Morgan fingerprint density at radius 2 is 1.71 bits per heavy atom. The maximum Gasteiger partial charge on any atom is 0.341 e. The van der Waals surface area contributed by atoms with Crippen LogP contribution in [0, 0.1) is 6.92 Å². The largest absolute Gasteiger partial charge is 0.488 e. The Hall–Kier alpha value is -2.88. The molecule has 0 saturated heterocycles. The minimum atomic E-state index is -0.657. The first-order valence-corrected chi connectivity index (χ1v) is 7.59. The van der Waals surface area contributed by atoms with E-state index in [2.05, 4.69) is 4.74 Å². The van der Waals surface area contributed by atoms with Crippen molar-refractivity contribution in [2.75, 3.05) is 7.11 Å². The summed E-state index contributed by atoms with van der Waals surface area (Å²) in [7, 11) is 1.25. The van der Waals surface area contributed by atoms with Gasteiger partial charge in [0.05, 0.1) is 7.11 Å². The molecule has 0 aromatic heterocycles. The number of para-hydroxylation sites is 1. The van der Waals surface area contributed by atoms with E-state index in [-0.39, 0.29) is 11.4 Å². The van der Waals surface area contributed by atoms with Gasteiger partial charge in [-0.1, -0.05) is 48.0 Å². The lowest BCUT2D eigenvalue weighted by Gasteiger charge is -2.10. The van der Waals surface area contributed by atoms with Gasteiger partial charge in [0, 0.05) is 5.56 Å². The quantitative estimate of drug-likeness (QED) is 0.352. The molecule has 0 fully saturated rings. The molecule has 2 aromatic rings. The average molecular weight is 324 g/mol. The molecule has 0 radical (unpaired) electrons. The lowest BCUT2D eigenvalue weighted by Crippen LogP contribution is -2.11. The highest BCUT2D eigenvalue weighted by atomic mass is 16.5. The molecule has 0 bridgehead atoms. The van der Waals surface area contributed by atoms with E-state index in [1.807, 2.05) is 43.3 Å². The Morgan fingerprint density at radius 3 is 2.33 bits per heavy atom. The summed E-state index contributed by atoms with van der Waals surface area (Å²) in [5.41, 5.74) is 2.87. The van der Waals surface area contributed by atoms with Crippen LogP contribution in [0.25, 0.3) is 6.08 Å². The molecular formula is C20H20O4. The summed E-state index contributed by atoms with van der Waals surface area (Å²) in [5.74, 6) is -0.410. The van der Waals surface area contributed by atoms with Gasteiger partial charge in [-0.25, -0.2) is 4.79 Å². The summed E-state index contributed by atoms with van der Waals surface area (Å²) in [4.78, 5) is 23.4. The van der Waals surface area contributed by atoms with Crippen molar-refractivity contribution < 1.29 is 19.1 Å². The molecule has 2 rings (SSSR count). The zero-order valence-corrected chi connectivity index (χ0v) is 14.0. The summed E-state index contributed by atoms with van der Waals surface area (Å²) in [6.45, 7) is 3.76. The van der Waals surface area contributed by atoms with Crippen LogP contribution in [0.15, 0.2) is 54.1 Å². The topological polar surface area (TPSA) is 52.6 Å². The Morgan fingerprint density at radius 1 is 1.04 bits per heavy atom. The van der Waals surface area contributed by atoms with E-state index < -0.39 is 5.97 Å². The SMILES string of the molecule is COC(=O)/C(=C/c1ccccc1OCc1ccc(C)cc1)C(C)=O. The molecule has 0 amide bonds. The van der Waals surface area contributed by atoms with E-state index in [1.54, 1.807) is 12.1 Å². The van der Waals surface area contributed by atoms with Crippen molar-refractivity contribution in [3.63, 3.8) is 0 Å². The maximum absolute atomic E-state index is 11.7. The number of carbonyl (C=O) groups is 2. The predicted octanol–water partition coefficient (Wildman–Crippen LogP) is 3.72. The molecule has 0 atom stereocenters. The van der Waals surface area contributed by atoms with Crippen molar-refractivity contribution in [3.05, 3.63) is 70.8 Å². The second-order valence-electron chi connectivity index (χ2n) is 5.42. The molecule has 0 aliphatic heterocycles. The van der Waals surface area contributed by atoms with E-state index in [1.165, 1.54) is 25.7 Å². The second-order valence-corrected chi connectivity index (χ2v) is 5.42. The van der Waals surface area contributed by atoms with Crippen LogP contribution in [0.4, 0.5) is 0 Å². The highest BCUT2D eigenvalue weighted by Gasteiger charge is 2.15. The fraction of sp³-hybridized carbons (Fsp3) is 0.200. The molecular weight excluding hydrogens is 304 g/mol. The summed E-state index contributed by atoms with van der Waals surface area (Å²) in [6.07, 6.45) is 1.50. The number of aryl methyl sites for hydroxylation is 1. The smallest absolute Gasteiger partial charge is 0.341 e. The number of hydrogen-bond acceptors (Lipinski definition) is 4. The molecule has 0 N–H and O–H groups in total. The number of rotatable bonds is 6. The zero-order valence-electron chi connectivity index (χ0n) is 14.0.